The lowest BCUT2D eigenvalue weighted by Crippen LogP contribution is -2.16. The Hall–Kier alpha value is -3.24. The van der Waals surface area contributed by atoms with Gasteiger partial charge in [-0.25, -0.2) is 4.98 Å². The lowest BCUT2D eigenvalue weighted by molar-refractivity contribution is 0.0910. The molecule has 170 valence electrons. The lowest BCUT2D eigenvalue weighted by atomic mass is 10.1. The molecule has 0 aromatic carbocycles. The van der Waals surface area contributed by atoms with Gasteiger partial charge in [-0.05, 0) is 23.6 Å². The van der Waals surface area contributed by atoms with E-state index in [1.807, 2.05) is 12.1 Å². The number of pyridine rings is 1. The molecular formula is C22H28N6O4. The molecule has 2 unspecified atom stereocenters. The van der Waals surface area contributed by atoms with Gasteiger partial charge in [-0.2, -0.15) is 10.2 Å². The highest BCUT2D eigenvalue weighted by molar-refractivity contribution is 6.02. The smallest absolute Gasteiger partial charge is 0.275 e. The number of H-pyrrole nitrogens is 1. The van der Waals surface area contributed by atoms with Crippen LogP contribution in [0, 0.1) is 0 Å². The van der Waals surface area contributed by atoms with Gasteiger partial charge in [0.1, 0.15) is 17.9 Å². The van der Waals surface area contributed by atoms with Crippen LogP contribution in [0.4, 0.5) is 5.82 Å². The number of hydrogen-bond donors (Lipinski definition) is 2. The monoisotopic (exact) mass is 440 g/mol. The fraction of sp³-hybridized carbons (Fsp3) is 0.455. The number of anilines is 1. The number of methoxy groups -OCH3 is 1. The van der Waals surface area contributed by atoms with Gasteiger partial charge in [0.05, 0.1) is 24.6 Å². The van der Waals surface area contributed by atoms with Gasteiger partial charge in [0.2, 0.25) is 5.88 Å². The number of hydrogen-bond acceptors (Lipinski definition) is 7. The van der Waals surface area contributed by atoms with Crippen LogP contribution in [-0.2, 0) is 23.1 Å². The first-order valence-corrected chi connectivity index (χ1v) is 10.6. The number of rotatable bonds is 8. The van der Waals surface area contributed by atoms with Gasteiger partial charge in [-0.1, -0.05) is 13.8 Å². The third-order valence-corrected chi connectivity index (χ3v) is 5.31. The summed E-state index contributed by atoms with van der Waals surface area (Å²) in [5.74, 6) is 1.13. The summed E-state index contributed by atoms with van der Waals surface area (Å²) in [6.45, 7) is 5.06. The van der Waals surface area contributed by atoms with Crippen LogP contribution in [0.3, 0.4) is 0 Å². The summed E-state index contributed by atoms with van der Waals surface area (Å²) in [5, 5.41) is 14.2. The van der Waals surface area contributed by atoms with E-state index in [4.69, 9.17) is 14.2 Å². The second kappa shape index (κ2) is 9.49. The summed E-state index contributed by atoms with van der Waals surface area (Å²) >= 11 is 0. The number of nitrogens with one attached hydrogen (secondary N) is 2. The Balaban J connectivity index is 1.35. The Kier molecular flexibility index (Phi) is 6.52. The molecule has 2 N–H and O–H groups in total. The summed E-state index contributed by atoms with van der Waals surface area (Å²) in [6, 6.07) is 7.43. The maximum absolute atomic E-state index is 12.6. The van der Waals surface area contributed by atoms with Crippen molar-refractivity contribution < 1.29 is 19.0 Å². The number of aryl methyl sites for hydroxylation is 1. The highest BCUT2D eigenvalue weighted by Crippen LogP contribution is 2.31. The van der Waals surface area contributed by atoms with Crippen molar-refractivity contribution in [2.75, 3.05) is 19.0 Å². The summed E-state index contributed by atoms with van der Waals surface area (Å²) in [7, 11) is 3.29. The van der Waals surface area contributed by atoms with Crippen molar-refractivity contribution in [3.05, 3.63) is 53.1 Å². The maximum Gasteiger partial charge on any atom is 0.275 e. The summed E-state index contributed by atoms with van der Waals surface area (Å²) in [5.41, 5.74) is 3.06. The summed E-state index contributed by atoms with van der Waals surface area (Å²) in [4.78, 5) is 16.9. The fourth-order valence-electron chi connectivity index (χ4n) is 3.62. The van der Waals surface area contributed by atoms with Gasteiger partial charge >= 0.3 is 0 Å². The van der Waals surface area contributed by atoms with E-state index < -0.39 is 0 Å². The molecule has 10 heteroatoms. The van der Waals surface area contributed by atoms with Crippen LogP contribution >= 0.6 is 0 Å². The van der Waals surface area contributed by atoms with Gasteiger partial charge in [0, 0.05) is 38.9 Å². The molecule has 1 fully saturated rings. The molecule has 4 rings (SSSR count). The number of ether oxygens (including phenoxy) is 3. The first-order chi connectivity index (χ1) is 15.4. The molecule has 1 amide bonds. The molecule has 0 bridgehead atoms. The minimum Gasteiger partial charge on any atom is -0.472 e. The zero-order valence-corrected chi connectivity index (χ0v) is 18.7. The molecule has 0 saturated carbocycles. The van der Waals surface area contributed by atoms with Gasteiger partial charge in [-0.3, -0.25) is 14.6 Å². The second-order valence-corrected chi connectivity index (χ2v) is 8.12. The van der Waals surface area contributed by atoms with E-state index in [1.165, 1.54) is 10.2 Å². The van der Waals surface area contributed by atoms with Gasteiger partial charge in [0.25, 0.3) is 5.91 Å². The molecule has 1 aliphatic heterocycles. The normalized spacial score (nSPS) is 18.3. The molecule has 0 spiro atoms. The first kappa shape index (κ1) is 22.0. The van der Waals surface area contributed by atoms with E-state index in [1.54, 1.807) is 32.5 Å². The van der Waals surface area contributed by atoms with Gasteiger partial charge in [0.15, 0.2) is 5.82 Å². The Labute approximate surface area is 186 Å². The Morgan fingerprint density at radius 3 is 3.00 bits per heavy atom. The van der Waals surface area contributed by atoms with Crippen molar-refractivity contribution in [1.82, 2.24) is 25.0 Å². The predicted octanol–water partition coefficient (Wildman–Crippen LogP) is 2.97. The topological polar surface area (TPSA) is 116 Å². The van der Waals surface area contributed by atoms with Crippen LogP contribution in [0.1, 0.15) is 59.7 Å². The number of amides is 1. The number of aromatic nitrogens is 5. The number of aromatic amines is 1. The van der Waals surface area contributed by atoms with Crippen LogP contribution in [0.2, 0.25) is 0 Å². The third-order valence-electron chi connectivity index (χ3n) is 5.31. The van der Waals surface area contributed by atoms with E-state index in [-0.39, 0.29) is 18.1 Å². The van der Waals surface area contributed by atoms with E-state index in [2.05, 4.69) is 39.4 Å². The maximum atomic E-state index is 12.6. The quantitative estimate of drug-likeness (QED) is 0.553. The van der Waals surface area contributed by atoms with E-state index in [0.29, 0.717) is 48.6 Å². The molecule has 1 saturated heterocycles. The number of nitrogens with zero attached hydrogens (tertiary/aromatic N) is 4. The standard InChI is InChI=1S/C22H28N6O4/c1-13(2)14-5-6-23-21(7-14)32-16-9-19(31-12-16)17-10-20(26-25-17)24-22(29)18-8-15(11-30-4)27-28(18)3/h5-8,10,13,16,19H,9,11-12H2,1-4H3,(H2,24,25,26,29). The van der Waals surface area contributed by atoms with E-state index in [9.17, 15) is 4.79 Å². The molecule has 32 heavy (non-hydrogen) atoms. The zero-order chi connectivity index (χ0) is 22.7. The molecule has 1 aliphatic rings. The number of carbonyl (C=O) groups excluding carboxylic acids is 1. The molecule has 10 nitrogen and oxygen atoms in total. The molecule has 3 aromatic heterocycles. The van der Waals surface area contributed by atoms with Crippen LogP contribution < -0.4 is 10.1 Å². The van der Waals surface area contributed by atoms with Crippen LogP contribution in [-0.4, -0.2) is 50.7 Å². The first-order valence-electron chi connectivity index (χ1n) is 10.6. The highest BCUT2D eigenvalue weighted by atomic mass is 16.6. The van der Waals surface area contributed by atoms with Gasteiger partial charge < -0.3 is 19.5 Å². The molecular weight excluding hydrogens is 412 g/mol. The fourth-order valence-corrected chi connectivity index (χ4v) is 3.62. The van der Waals surface area contributed by atoms with E-state index >= 15 is 0 Å². The largest absolute Gasteiger partial charge is 0.472 e. The van der Waals surface area contributed by atoms with Crippen LogP contribution in [0.25, 0.3) is 0 Å². The Morgan fingerprint density at radius 1 is 1.38 bits per heavy atom. The predicted molar refractivity (Wildman–Crippen MR) is 117 cm³/mol. The minimum absolute atomic E-state index is 0.107. The summed E-state index contributed by atoms with van der Waals surface area (Å²) in [6.07, 6.45) is 2.12. The molecule has 2 atom stereocenters. The highest BCUT2D eigenvalue weighted by Gasteiger charge is 2.30. The Bertz CT molecular complexity index is 1080. The average Bonchev–Trinajstić information content (AvgIpc) is 3.49. The SMILES string of the molecule is COCc1cc(C(=O)Nc2cc(C3CC(Oc4cc(C(C)C)ccn4)CO3)[nH]n2)n(C)n1. The van der Waals surface area contributed by atoms with Crippen molar-refractivity contribution in [3.8, 4) is 5.88 Å². The van der Waals surface area contributed by atoms with Crippen molar-refractivity contribution in [2.45, 2.75) is 45.0 Å². The van der Waals surface area contributed by atoms with Crippen molar-refractivity contribution in [3.63, 3.8) is 0 Å². The van der Waals surface area contributed by atoms with E-state index in [0.717, 1.165) is 5.69 Å². The molecule has 4 heterocycles. The van der Waals surface area contributed by atoms with Gasteiger partial charge in [-0.15, -0.1) is 0 Å². The second-order valence-electron chi connectivity index (χ2n) is 8.12. The lowest BCUT2D eigenvalue weighted by Gasteiger charge is -2.13. The molecule has 3 aromatic rings. The van der Waals surface area contributed by atoms with Crippen molar-refractivity contribution in [1.29, 1.82) is 0 Å². The van der Waals surface area contributed by atoms with Crippen LogP contribution in [0.15, 0.2) is 30.5 Å². The summed E-state index contributed by atoms with van der Waals surface area (Å²) < 4.78 is 18.5. The van der Waals surface area contributed by atoms with Crippen molar-refractivity contribution >= 4 is 11.7 Å². The van der Waals surface area contributed by atoms with Crippen molar-refractivity contribution in [2.24, 2.45) is 7.05 Å². The average molecular weight is 441 g/mol. The van der Waals surface area contributed by atoms with Crippen LogP contribution in [0.5, 0.6) is 5.88 Å². The number of carbonyl (C=O) groups is 1. The third kappa shape index (κ3) is 4.97. The molecule has 0 radical (unpaired) electrons. The Morgan fingerprint density at radius 2 is 2.22 bits per heavy atom. The zero-order valence-electron chi connectivity index (χ0n) is 18.7. The molecule has 0 aliphatic carbocycles. The minimum atomic E-state index is -0.301.